The maximum Gasteiger partial charge on any atom is 0.462 e. The molecule has 1 N–H and O–H groups in total. The number of para-hydroxylation sites is 2. The maximum atomic E-state index is 11.1. The molecule has 0 fully saturated rings. The van der Waals surface area contributed by atoms with Crippen LogP contribution in [0.4, 0.5) is 0 Å². The zero-order valence-electron chi connectivity index (χ0n) is 9.52. The molecule has 0 aliphatic carbocycles. The van der Waals surface area contributed by atoms with Crippen molar-refractivity contribution in [2.45, 2.75) is 26.3 Å². The summed E-state index contributed by atoms with van der Waals surface area (Å²) in [4.78, 5) is 11.1. The van der Waals surface area contributed by atoms with Gasteiger partial charge in [0.05, 0.1) is 0 Å². The average molecular weight is 220 g/mol. The van der Waals surface area contributed by atoms with Gasteiger partial charge in [-0.2, -0.15) is 0 Å². The summed E-state index contributed by atoms with van der Waals surface area (Å²) in [6.07, 6.45) is 0. The molecule has 84 valence electrons. The highest BCUT2D eigenvalue weighted by Crippen LogP contribution is 2.18. The number of hydrogen-bond acceptors (Lipinski definition) is 2. The summed E-state index contributed by atoms with van der Waals surface area (Å²) in [5.41, 5.74) is 1.06. The molecular weight excluding hydrogens is 206 g/mol. The second-order valence-electron chi connectivity index (χ2n) is 4.69. The molecule has 0 unspecified atom stereocenters. The van der Waals surface area contributed by atoms with Crippen LogP contribution in [0.2, 0.25) is 0 Å². The van der Waals surface area contributed by atoms with E-state index in [1.807, 2.05) is 39.0 Å². The van der Waals surface area contributed by atoms with E-state index in [0.29, 0.717) is 5.58 Å². The van der Waals surface area contributed by atoms with Gasteiger partial charge in [-0.1, -0.05) is 12.1 Å². The molecule has 16 heavy (non-hydrogen) atoms. The lowest BCUT2D eigenvalue weighted by Crippen LogP contribution is -2.53. The number of carbonyl (C=O) groups is 1. The second kappa shape index (κ2) is 3.33. The Morgan fingerprint density at radius 3 is 2.50 bits per heavy atom. The van der Waals surface area contributed by atoms with E-state index in [1.54, 1.807) is 10.6 Å². The fraction of sp³-hybridized carbons (Fsp3) is 0.333. The van der Waals surface area contributed by atoms with Crippen molar-refractivity contribution in [3.8, 4) is 0 Å². The van der Waals surface area contributed by atoms with Gasteiger partial charge in [0, 0.05) is 26.8 Å². The van der Waals surface area contributed by atoms with Gasteiger partial charge in [-0.05, 0) is 6.07 Å². The van der Waals surface area contributed by atoms with Crippen molar-refractivity contribution in [3.05, 3.63) is 30.2 Å². The van der Waals surface area contributed by atoms with E-state index in [1.165, 1.54) is 0 Å². The average Bonchev–Trinajstić information content (AvgIpc) is 2.55. The standard InChI is InChI=1S/C12H13NO3/c1-12(2,3)13-8-6-4-5-7-9(8)16-10(13)11(14)15/h4-7H,1-3H3/p+1. The summed E-state index contributed by atoms with van der Waals surface area (Å²) in [5, 5.41) is 9.12. The monoisotopic (exact) mass is 220 g/mol. The summed E-state index contributed by atoms with van der Waals surface area (Å²) < 4.78 is 7.05. The number of carboxylic acid groups (broad SMARTS) is 1. The van der Waals surface area contributed by atoms with E-state index in [-0.39, 0.29) is 11.4 Å². The van der Waals surface area contributed by atoms with Crippen LogP contribution in [-0.2, 0) is 5.54 Å². The van der Waals surface area contributed by atoms with Crippen molar-refractivity contribution in [3.63, 3.8) is 0 Å². The van der Waals surface area contributed by atoms with Gasteiger partial charge in [-0.15, -0.1) is 4.57 Å². The van der Waals surface area contributed by atoms with Gasteiger partial charge in [0.25, 0.3) is 5.52 Å². The first kappa shape index (κ1) is 10.7. The molecule has 0 atom stereocenters. The SMILES string of the molecule is CC(C)(C)[n+]1c(C(=O)O)oc2ccccc21. The van der Waals surface area contributed by atoms with Gasteiger partial charge in [0.2, 0.25) is 5.58 Å². The van der Waals surface area contributed by atoms with Gasteiger partial charge < -0.3 is 9.52 Å². The third kappa shape index (κ3) is 1.56. The number of benzene rings is 1. The molecule has 0 aliphatic rings. The smallest absolute Gasteiger partial charge is 0.462 e. The van der Waals surface area contributed by atoms with Gasteiger partial charge >= 0.3 is 11.9 Å². The quantitative estimate of drug-likeness (QED) is 0.749. The summed E-state index contributed by atoms with van der Waals surface area (Å²) in [5.74, 6) is -1.08. The fourth-order valence-corrected chi connectivity index (χ4v) is 1.79. The van der Waals surface area contributed by atoms with Crippen LogP contribution in [0, 0.1) is 0 Å². The number of aromatic nitrogens is 1. The van der Waals surface area contributed by atoms with E-state index in [0.717, 1.165) is 5.52 Å². The molecule has 1 aromatic carbocycles. The molecule has 0 saturated carbocycles. The van der Waals surface area contributed by atoms with Gasteiger partial charge in [0.1, 0.15) is 0 Å². The zero-order chi connectivity index (χ0) is 11.9. The molecule has 0 bridgehead atoms. The lowest BCUT2D eigenvalue weighted by atomic mass is 10.1. The van der Waals surface area contributed by atoms with Crippen LogP contribution in [0.1, 0.15) is 31.5 Å². The molecule has 4 heteroatoms. The number of oxazole rings is 1. The first-order valence-electron chi connectivity index (χ1n) is 5.08. The number of aromatic carboxylic acids is 1. The molecule has 0 spiro atoms. The topological polar surface area (TPSA) is 54.3 Å². The third-order valence-corrected chi connectivity index (χ3v) is 2.37. The molecular formula is C12H14NO3+. The fourth-order valence-electron chi connectivity index (χ4n) is 1.79. The number of hydrogen-bond donors (Lipinski definition) is 1. The summed E-state index contributed by atoms with van der Waals surface area (Å²) >= 11 is 0. The Bertz CT molecular complexity index is 549. The first-order valence-corrected chi connectivity index (χ1v) is 5.08. The van der Waals surface area contributed by atoms with Gasteiger partial charge in [0.15, 0.2) is 5.54 Å². The third-order valence-electron chi connectivity index (χ3n) is 2.37. The summed E-state index contributed by atoms with van der Waals surface area (Å²) in [6, 6.07) is 7.32. The summed E-state index contributed by atoms with van der Waals surface area (Å²) in [6.45, 7) is 5.84. The normalized spacial score (nSPS) is 11.9. The Morgan fingerprint density at radius 2 is 1.94 bits per heavy atom. The van der Waals surface area contributed by atoms with Crippen LogP contribution in [0.3, 0.4) is 0 Å². The molecule has 0 aliphatic heterocycles. The van der Waals surface area contributed by atoms with Crippen LogP contribution in [-0.4, -0.2) is 11.1 Å². The van der Waals surface area contributed by atoms with Crippen molar-refractivity contribution < 1.29 is 18.9 Å². The van der Waals surface area contributed by atoms with Crippen molar-refractivity contribution in [2.75, 3.05) is 0 Å². The molecule has 0 radical (unpaired) electrons. The Morgan fingerprint density at radius 1 is 1.31 bits per heavy atom. The molecule has 1 heterocycles. The predicted molar refractivity (Wildman–Crippen MR) is 58.4 cm³/mol. The molecule has 1 aromatic heterocycles. The predicted octanol–water partition coefficient (Wildman–Crippen LogP) is 2.17. The van der Waals surface area contributed by atoms with Crippen molar-refractivity contribution in [2.24, 2.45) is 0 Å². The van der Waals surface area contributed by atoms with Crippen LogP contribution in [0.25, 0.3) is 11.1 Å². The maximum absolute atomic E-state index is 11.1. The van der Waals surface area contributed by atoms with E-state index < -0.39 is 5.97 Å². The highest BCUT2D eigenvalue weighted by molar-refractivity contribution is 5.83. The molecule has 0 amide bonds. The van der Waals surface area contributed by atoms with Crippen molar-refractivity contribution in [1.82, 2.24) is 0 Å². The Balaban J connectivity index is 2.85. The second-order valence-corrected chi connectivity index (χ2v) is 4.69. The lowest BCUT2D eigenvalue weighted by molar-refractivity contribution is -0.736. The molecule has 0 saturated heterocycles. The Kier molecular flexibility index (Phi) is 2.22. The Labute approximate surface area is 93.1 Å². The summed E-state index contributed by atoms with van der Waals surface area (Å²) in [7, 11) is 0. The minimum Gasteiger partial charge on any atom is -0.471 e. The van der Waals surface area contributed by atoms with E-state index >= 15 is 0 Å². The number of nitrogens with zero attached hydrogens (tertiary/aromatic N) is 1. The first-order chi connectivity index (χ1) is 7.41. The van der Waals surface area contributed by atoms with E-state index in [9.17, 15) is 4.79 Å². The van der Waals surface area contributed by atoms with Crippen molar-refractivity contribution in [1.29, 1.82) is 0 Å². The largest absolute Gasteiger partial charge is 0.471 e. The number of carboxylic acids is 1. The van der Waals surface area contributed by atoms with Crippen LogP contribution < -0.4 is 4.57 Å². The van der Waals surface area contributed by atoms with Gasteiger partial charge in [-0.25, -0.2) is 4.79 Å². The van der Waals surface area contributed by atoms with Crippen LogP contribution in [0.15, 0.2) is 28.7 Å². The Hall–Kier alpha value is -1.84. The van der Waals surface area contributed by atoms with Crippen molar-refractivity contribution >= 4 is 17.1 Å². The minimum atomic E-state index is -1.05. The minimum absolute atomic E-state index is 0.0336. The number of rotatable bonds is 1. The highest BCUT2D eigenvalue weighted by atomic mass is 16.4. The number of fused-ring (bicyclic) bond motifs is 1. The molecule has 2 rings (SSSR count). The highest BCUT2D eigenvalue weighted by Gasteiger charge is 2.37. The zero-order valence-corrected chi connectivity index (χ0v) is 9.52. The van der Waals surface area contributed by atoms with E-state index in [2.05, 4.69) is 0 Å². The van der Waals surface area contributed by atoms with E-state index in [4.69, 9.17) is 9.52 Å². The van der Waals surface area contributed by atoms with Crippen LogP contribution >= 0.6 is 0 Å². The molecule has 2 aromatic rings. The molecule has 4 nitrogen and oxygen atoms in total. The van der Waals surface area contributed by atoms with Crippen LogP contribution in [0.5, 0.6) is 0 Å². The van der Waals surface area contributed by atoms with Gasteiger partial charge in [-0.3, -0.25) is 0 Å². The lowest BCUT2D eigenvalue weighted by Gasteiger charge is -2.11.